The lowest BCUT2D eigenvalue weighted by Gasteiger charge is -2.32. The molecule has 43 heavy (non-hydrogen) atoms. The minimum Gasteiger partial charge on any atom is -0.480 e. The van der Waals surface area contributed by atoms with E-state index in [4.69, 9.17) is 14.6 Å². The summed E-state index contributed by atoms with van der Waals surface area (Å²) in [6.45, 7) is 3.53. The predicted octanol–water partition coefficient (Wildman–Crippen LogP) is 1.82. The fraction of sp³-hybridized carbons (Fsp3) is 0.310. The molecule has 0 radical (unpaired) electrons. The number of hydrogen-bond acceptors (Lipinski definition) is 10. The summed E-state index contributed by atoms with van der Waals surface area (Å²) in [4.78, 5) is 35.8. The number of pyridine rings is 3. The van der Waals surface area contributed by atoms with Crippen LogP contribution in [0, 0.1) is 0 Å². The smallest absolute Gasteiger partial charge is 0.263 e. The molecule has 14 heteroatoms. The third-order valence-electron chi connectivity index (χ3n) is 7.51. The summed E-state index contributed by atoms with van der Waals surface area (Å²) in [5.41, 5.74) is 1.20. The fourth-order valence-corrected chi connectivity index (χ4v) is 5.70. The first kappa shape index (κ1) is 28.7. The lowest BCUT2D eigenvalue weighted by atomic mass is 10.0. The van der Waals surface area contributed by atoms with Crippen molar-refractivity contribution < 1.29 is 22.7 Å². The number of hydrogen-bond donors (Lipinski definition) is 3. The molecule has 0 saturated carbocycles. The average molecular weight is 606 g/mol. The molecule has 4 N–H and O–H groups in total. The van der Waals surface area contributed by atoms with Crippen LogP contribution in [0.4, 0.5) is 5.82 Å². The third-order valence-corrected chi connectivity index (χ3v) is 8.44. The maximum absolute atomic E-state index is 12.8. The van der Waals surface area contributed by atoms with Crippen molar-refractivity contribution in [2.75, 3.05) is 31.6 Å². The van der Waals surface area contributed by atoms with E-state index in [1.165, 1.54) is 24.3 Å². The van der Waals surface area contributed by atoms with Crippen LogP contribution in [0.1, 0.15) is 18.5 Å². The molecule has 1 saturated heterocycles. The van der Waals surface area contributed by atoms with Gasteiger partial charge in [0.15, 0.2) is 18.2 Å². The Morgan fingerprint density at radius 2 is 1.74 bits per heavy atom. The summed E-state index contributed by atoms with van der Waals surface area (Å²) in [6.07, 6.45) is 1.91. The number of carbonyl (C=O) groups is 1. The van der Waals surface area contributed by atoms with Crippen LogP contribution in [0.3, 0.4) is 0 Å². The first-order valence-corrected chi connectivity index (χ1v) is 15.5. The van der Waals surface area contributed by atoms with Crippen molar-refractivity contribution in [1.29, 1.82) is 0 Å². The van der Waals surface area contributed by atoms with Crippen LogP contribution in [0.5, 0.6) is 17.4 Å². The molecular weight excluding hydrogens is 574 g/mol. The molecule has 6 rings (SSSR count). The molecule has 3 aromatic heterocycles. The third kappa shape index (κ3) is 6.83. The number of sulfonamides is 1. The number of carbonyl (C=O) groups excluding carboxylic acids is 1. The van der Waals surface area contributed by atoms with Gasteiger partial charge in [0.25, 0.3) is 11.5 Å². The summed E-state index contributed by atoms with van der Waals surface area (Å²) < 4.78 is 35.9. The Bertz CT molecular complexity index is 1820. The van der Waals surface area contributed by atoms with Crippen molar-refractivity contribution in [2.24, 2.45) is 5.14 Å². The Morgan fingerprint density at radius 3 is 2.51 bits per heavy atom. The van der Waals surface area contributed by atoms with Gasteiger partial charge in [-0.25, -0.2) is 18.5 Å². The number of benzene rings is 1. The lowest BCUT2D eigenvalue weighted by molar-refractivity contribution is -0.118. The standard InChI is InChI=1S/C29H31N7O6S/c30-43(39,40)23-6-4-22(5-7-23)42-26-9-1-19-2-10-27(38)36(29(19)34-26)16-15-35-13-11-20(12-14-35)31-17-21-3-8-24-28(32-21)33-25(37)18-41-24/h1-10,20,31H,11-18H2,(H2,30,39,40)(H,32,33,37). The van der Waals surface area contributed by atoms with E-state index in [2.05, 4.69) is 25.5 Å². The van der Waals surface area contributed by atoms with Crippen molar-refractivity contribution in [3.8, 4) is 17.4 Å². The van der Waals surface area contributed by atoms with Crippen LogP contribution in [0.15, 0.2) is 70.4 Å². The van der Waals surface area contributed by atoms with E-state index in [1.807, 2.05) is 18.2 Å². The number of anilines is 1. The second-order valence-electron chi connectivity index (χ2n) is 10.5. The number of primary sulfonamides is 1. The zero-order valence-corrected chi connectivity index (χ0v) is 24.0. The van der Waals surface area contributed by atoms with Gasteiger partial charge in [-0.05, 0) is 74.5 Å². The minimum atomic E-state index is -3.80. The summed E-state index contributed by atoms with van der Waals surface area (Å²) in [5.74, 6) is 1.51. The second kappa shape index (κ2) is 12.1. The summed E-state index contributed by atoms with van der Waals surface area (Å²) in [7, 11) is -3.80. The lowest BCUT2D eigenvalue weighted by Crippen LogP contribution is -2.43. The number of fused-ring (bicyclic) bond motifs is 2. The topological polar surface area (TPSA) is 171 Å². The zero-order valence-electron chi connectivity index (χ0n) is 23.2. The Hall–Kier alpha value is -4.37. The number of likely N-dealkylation sites (tertiary alicyclic amines) is 1. The van der Waals surface area contributed by atoms with Gasteiger partial charge in [-0.2, -0.15) is 4.98 Å². The van der Waals surface area contributed by atoms with E-state index in [9.17, 15) is 18.0 Å². The molecule has 2 aliphatic rings. The number of nitrogens with one attached hydrogen (secondary N) is 2. The molecule has 0 aliphatic carbocycles. The van der Waals surface area contributed by atoms with E-state index in [-0.39, 0.29) is 28.8 Å². The zero-order chi connectivity index (χ0) is 30.0. The molecule has 1 amide bonds. The molecule has 1 fully saturated rings. The van der Waals surface area contributed by atoms with Gasteiger partial charge in [0.1, 0.15) is 11.4 Å². The van der Waals surface area contributed by atoms with Crippen LogP contribution in [-0.2, 0) is 27.9 Å². The number of aromatic nitrogens is 3. The van der Waals surface area contributed by atoms with Gasteiger partial charge in [0, 0.05) is 43.2 Å². The van der Waals surface area contributed by atoms with Crippen LogP contribution in [0.25, 0.3) is 11.0 Å². The molecule has 4 aromatic rings. The number of piperidine rings is 1. The molecule has 224 valence electrons. The number of nitrogens with two attached hydrogens (primary N) is 1. The van der Waals surface area contributed by atoms with E-state index >= 15 is 0 Å². The number of ether oxygens (including phenoxy) is 2. The quantitative estimate of drug-likeness (QED) is 0.256. The largest absolute Gasteiger partial charge is 0.480 e. The van der Waals surface area contributed by atoms with Gasteiger partial charge in [-0.1, -0.05) is 0 Å². The van der Waals surface area contributed by atoms with Crippen molar-refractivity contribution in [1.82, 2.24) is 24.8 Å². The molecule has 1 aromatic carbocycles. The maximum atomic E-state index is 12.8. The second-order valence-corrected chi connectivity index (χ2v) is 12.0. The number of rotatable bonds is 9. The van der Waals surface area contributed by atoms with Gasteiger partial charge in [0.2, 0.25) is 15.9 Å². The van der Waals surface area contributed by atoms with E-state index in [1.54, 1.807) is 22.8 Å². The Labute approximate surface area is 247 Å². The molecule has 0 bridgehead atoms. The summed E-state index contributed by atoms with van der Waals surface area (Å²) in [6, 6.07) is 16.6. The van der Waals surface area contributed by atoms with Crippen LogP contribution in [-0.4, -0.2) is 66.0 Å². The molecule has 2 aliphatic heterocycles. The van der Waals surface area contributed by atoms with Crippen molar-refractivity contribution >= 4 is 32.8 Å². The SMILES string of the molecule is NS(=O)(=O)c1ccc(Oc2ccc3ccc(=O)n(CCN4CCC(NCc5ccc6c(n5)NC(=O)CO6)CC4)c3n2)cc1. The van der Waals surface area contributed by atoms with Gasteiger partial charge in [0.05, 0.1) is 10.6 Å². The van der Waals surface area contributed by atoms with Crippen molar-refractivity contribution in [3.63, 3.8) is 0 Å². The minimum absolute atomic E-state index is 0.00803. The highest BCUT2D eigenvalue weighted by atomic mass is 32.2. The van der Waals surface area contributed by atoms with Gasteiger partial charge in [-0.15, -0.1) is 0 Å². The fourth-order valence-electron chi connectivity index (χ4n) is 5.19. The predicted molar refractivity (Wildman–Crippen MR) is 159 cm³/mol. The first-order chi connectivity index (χ1) is 20.7. The highest BCUT2D eigenvalue weighted by Crippen LogP contribution is 2.26. The van der Waals surface area contributed by atoms with Crippen LogP contribution >= 0.6 is 0 Å². The van der Waals surface area contributed by atoms with E-state index in [0.717, 1.165) is 37.0 Å². The highest BCUT2D eigenvalue weighted by molar-refractivity contribution is 7.89. The molecule has 13 nitrogen and oxygen atoms in total. The van der Waals surface area contributed by atoms with Gasteiger partial charge < -0.3 is 25.0 Å². The van der Waals surface area contributed by atoms with Crippen LogP contribution in [0.2, 0.25) is 0 Å². The highest BCUT2D eigenvalue weighted by Gasteiger charge is 2.21. The molecule has 0 atom stereocenters. The van der Waals surface area contributed by atoms with Gasteiger partial charge >= 0.3 is 0 Å². The van der Waals surface area contributed by atoms with Crippen LogP contribution < -0.4 is 30.8 Å². The summed E-state index contributed by atoms with van der Waals surface area (Å²) >= 11 is 0. The van der Waals surface area contributed by atoms with Crippen molar-refractivity contribution in [3.05, 3.63) is 76.7 Å². The Balaban J connectivity index is 1.04. The van der Waals surface area contributed by atoms with Gasteiger partial charge in [-0.3, -0.25) is 14.2 Å². The summed E-state index contributed by atoms with van der Waals surface area (Å²) in [5, 5.41) is 12.3. The number of amides is 1. The first-order valence-electron chi connectivity index (χ1n) is 13.9. The van der Waals surface area contributed by atoms with E-state index in [0.29, 0.717) is 48.6 Å². The normalized spacial score (nSPS) is 16.0. The Morgan fingerprint density at radius 1 is 0.977 bits per heavy atom. The monoisotopic (exact) mass is 605 g/mol. The number of nitrogens with zero attached hydrogens (tertiary/aromatic N) is 4. The molecular formula is C29H31N7O6S. The molecule has 5 heterocycles. The molecule has 0 spiro atoms. The van der Waals surface area contributed by atoms with E-state index < -0.39 is 10.0 Å². The molecule has 0 unspecified atom stereocenters. The maximum Gasteiger partial charge on any atom is 0.263 e. The van der Waals surface area contributed by atoms with Crippen molar-refractivity contribution in [2.45, 2.75) is 36.9 Å². The Kier molecular flexibility index (Phi) is 8.08. The average Bonchev–Trinajstić information content (AvgIpc) is 2.99.